The van der Waals surface area contributed by atoms with Crippen LogP contribution in [0, 0.1) is 0 Å². The van der Waals surface area contributed by atoms with Crippen molar-refractivity contribution in [2.75, 3.05) is 40.5 Å². The summed E-state index contributed by atoms with van der Waals surface area (Å²) < 4.78 is 16.7. The third-order valence-electron chi connectivity index (χ3n) is 6.02. The van der Waals surface area contributed by atoms with Gasteiger partial charge in [0.15, 0.2) is 11.5 Å². The first-order chi connectivity index (χ1) is 15.0. The predicted octanol–water partition coefficient (Wildman–Crippen LogP) is 4.33. The van der Waals surface area contributed by atoms with E-state index < -0.39 is 0 Å². The number of hydrogen-bond donors (Lipinski definition) is 0. The zero-order chi connectivity index (χ0) is 22.0. The summed E-state index contributed by atoms with van der Waals surface area (Å²) in [5.41, 5.74) is 4.79. The molecular formula is C25H31ClN2O4. The van der Waals surface area contributed by atoms with E-state index in [0.29, 0.717) is 24.7 Å². The van der Waals surface area contributed by atoms with E-state index in [0.717, 1.165) is 47.8 Å². The van der Waals surface area contributed by atoms with Gasteiger partial charge in [0.05, 0.1) is 37.6 Å². The lowest BCUT2D eigenvalue weighted by Crippen LogP contribution is -2.41. The molecule has 2 aromatic rings. The molecule has 1 saturated heterocycles. The molecule has 7 heteroatoms. The van der Waals surface area contributed by atoms with Gasteiger partial charge < -0.3 is 19.1 Å². The Bertz CT molecular complexity index is 990. The Kier molecular flexibility index (Phi) is 7.80. The van der Waals surface area contributed by atoms with Crippen molar-refractivity contribution in [2.24, 2.45) is 4.99 Å². The molecule has 0 N–H and O–H groups in total. The Morgan fingerprint density at radius 2 is 1.75 bits per heavy atom. The first-order valence-electron chi connectivity index (χ1n) is 10.9. The smallest absolute Gasteiger partial charge is 0.337 e. The Balaban J connectivity index is 0.00000289. The lowest BCUT2D eigenvalue weighted by molar-refractivity contribution is 0.0600. The predicted molar refractivity (Wildman–Crippen MR) is 128 cm³/mol. The maximum Gasteiger partial charge on any atom is 0.337 e. The van der Waals surface area contributed by atoms with E-state index in [1.54, 1.807) is 12.1 Å². The molecule has 2 heterocycles. The minimum absolute atomic E-state index is 0. The van der Waals surface area contributed by atoms with Gasteiger partial charge in [-0.1, -0.05) is 12.1 Å². The van der Waals surface area contributed by atoms with Crippen LogP contribution in [0.5, 0.6) is 11.5 Å². The van der Waals surface area contributed by atoms with Gasteiger partial charge in [0.2, 0.25) is 0 Å². The minimum Gasteiger partial charge on any atom is -0.490 e. The fourth-order valence-corrected chi connectivity index (χ4v) is 4.53. The standard InChI is InChI=1S/C25H30N2O4.ClH/c1-5-30-22-13-18-19(14-23(22)31-6-2)24(26-21-11-12-27(3)15-20(18)21)16-7-9-17(10-8-16)25(28)29-4;/h7-10,13-14,20-21H,5-6,11-12,15H2,1-4H3;1H/t20-,21-;/m0./s1. The van der Waals surface area contributed by atoms with Crippen LogP contribution in [-0.4, -0.2) is 63.1 Å². The SMILES string of the molecule is CCOc1cc2c(cc1OCC)[C@@H]1CN(C)CC[C@@H]1N=C2c1ccc(C(=O)OC)cc1.Cl. The zero-order valence-electron chi connectivity index (χ0n) is 19.1. The van der Waals surface area contributed by atoms with Crippen molar-refractivity contribution >= 4 is 24.1 Å². The average molecular weight is 459 g/mol. The van der Waals surface area contributed by atoms with Crippen LogP contribution in [0.15, 0.2) is 41.4 Å². The van der Waals surface area contributed by atoms with E-state index in [1.165, 1.54) is 12.7 Å². The minimum atomic E-state index is -0.340. The highest BCUT2D eigenvalue weighted by Gasteiger charge is 2.36. The van der Waals surface area contributed by atoms with Gasteiger partial charge in [-0.05, 0) is 63.7 Å². The van der Waals surface area contributed by atoms with Crippen LogP contribution in [0.1, 0.15) is 53.2 Å². The van der Waals surface area contributed by atoms with Crippen LogP contribution in [0.25, 0.3) is 0 Å². The lowest BCUT2D eigenvalue weighted by atomic mass is 9.79. The summed E-state index contributed by atoms with van der Waals surface area (Å²) in [6, 6.07) is 11.9. The molecule has 2 aromatic carbocycles. The number of benzene rings is 2. The van der Waals surface area contributed by atoms with Crippen molar-refractivity contribution in [2.45, 2.75) is 32.2 Å². The topological polar surface area (TPSA) is 60.4 Å². The molecule has 0 aromatic heterocycles. The number of nitrogens with zero attached hydrogens (tertiary/aromatic N) is 2. The first kappa shape index (κ1) is 24.1. The fourth-order valence-electron chi connectivity index (χ4n) is 4.53. The average Bonchev–Trinajstić information content (AvgIpc) is 2.79. The third-order valence-corrected chi connectivity index (χ3v) is 6.02. The molecule has 1 fully saturated rings. The highest BCUT2D eigenvalue weighted by Crippen LogP contribution is 2.42. The molecule has 172 valence electrons. The number of likely N-dealkylation sites (tertiary alicyclic amines) is 1. The summed E-state index contributed by atoms with van der Waals surface area (Å²) in [7, 11) is 3.56. The summed E-state index contributed by atoms with van der Waals surface area (Å²) in [4.78, 5) is 19.4. The van der Waals surface area contributed by atoms with Crippen molar-refractivity contribution in [3.05, 3.63) is 58.7 Å². The molecule has 0 unspecified atom stereocenters. The number of hydrogen-bond acceptors (Lipinski definition) is 6. The number of carbonyl (C=O) groups excluding carboxylic acids is 1. The van der Waals surface area contributed by atoms with Gasteiger partial charge in [0.1, 0.15) is 0 Å². The van der Waals surface area contributed by atoms with Gasteiger partial charge in [-0.2, -0.15) is 0 Å². The Morgan fingerprint density at radius 1 is 1.09 bits per heavy atom. The van der Waals surface area contributed by atoms with Crippen LogP contribution < -0.4 is 9.47 Å². The van der Waals surface area contributed by atoms with Crippen molar-refractivity contribution < 1.29 is 19.0 Å². The number of ether oxygens (including phenoxy) is 3. The molecule has 0 aliphatic carbocycles. The van der Waals surface area contributed by atoms with E-state index in [4.69, 9.17) is 19.2 Å². The quantitative estimate of drug-likeness (QED) is 0.603. The van der Waals surface area contributed by atoms with Crippen LogP contribution in [0.2, 0.25) is 0 Å². The summed E-state index contributed by atoms with van der Waals surface area (Å²) in [6.45, 7) is 7.11. The van der Waals surface area contributed by atoms with Gasteiger partial charge in [0.25, 0.3) is 0 Å². The van der Waals surface area contributed by atoms with E-state index in [1.807, 2.05) is 26.0 Å². The zero-order valence-corrected chi connectivity index (χ0v) is 19.9. The number of esters is 1. The number of methoxy groups -OCH3 is 1. The number of piperidine rings is 1. The molecule has 4 rings (SSSR count). The van der Waals surface area contributed by atoms with Gasteiger partial charge in [-0.25, -0.2) is 4.79 Å². The molecule has 2 aliphatic rings. The van der Waals surface area contributed by atoms with Gasteiger partial charge >= 0.3 is 5.97 Å². The van der Waals surface area contributed by atoms with Gasteiger partial charge in [-0.15, -0.1) is 12.4 Å². The van der Waals surface area contributed by atoms with Gasteiger partial charge in [-0.3, -0.25) is 4.99 Å². The molecule has 2 aliphatic heterocycles. The molecule has 0 saturated carbocycles. The Labute approximate surface area is 196 Å². The normalized spacial score (nSPS) is 19.7. The fraction of sp³-hybridized carbons (Fsp3) is 0.440. The van der Waals surface area contributed by atoms with E-state index in [-0.39, 0.29) is 24.4 Å². The number of aliphatic imine (C=N–C) groups is 1. The molecular weight excluding hydrogens is 428 g/mol. The monoisotopic (exact) mass is 458 g/mol. The second kappa shape index (κ2) is 10.4. The number of rotatable bonds is 6. The molecule has 0 bridgehead atoms. The van der Waals surface area contributed by atoms with E-state index in [2.05, 4.69) is 24.1 Å². The van der Waals surface area contributed by atoms with Crippen molar-refractivity contribution in [1.29, 1.82) is 0 Å². The van der Waals surface area contributed by atoms with Crippen LogP contribution >= 0.6 is 12.4 Å². The molecule has 32 heavy (non-hydrogen) atoms. The molecule has 0 spiro atoms. The molecule has 6 nitrogen and oxygen atoms in total. The maximum absolute atomic E-state index is 11.8. The van der Waals surface area contributed by atoms with Crippen LogP contribution in [0.3, 0.4) is 0 Å². The largest absolute Gasteiger partial charge is 0.490 e. The molecule has 0 radical (unpaired) electrons. The van der Waals surface area contributed by atoms with Crippen molar-refractivity contribution in [3.63, 3.8) is 0 Å². The number of carbonyl (C=O) groups is 1. The lowest BCUT2D eigenvalue weighted by Gasteiger charge is -2.39. The van der Waals surface area contributed by atoms with Crippen LogP contribution in [0.4, 0.5) is 0 Å². The summed E-state index contributed by atoms with van der Waals surface area (Å²) in [5, 5.41) is 0. The summed E-state index contributed by atoms with van der Waals surface area (Å²) >= 11 is 0. The second-order valence-corrected chi connectivity index (χ2v) is 8.02. The number of halogens is 1. The second-order valence-electron chi connectivity index (χ2n) is 8.02. The molecule has 2 atom stereocenters. The summed E-state index contributed by atoms with van der Waals surface area (Å²) in [6.07, 6.45) is 1.02. The third kappa shape index (κ3) is 4.62. The number of likely N-dealkylation sites (N-methyl/N-ethyl adjacent to an activating group) is 1. The van der Waals surface area contributed by atoms with Crippen molar-refractivity contribution in [1.82, 2.24) is 4.90 Å². The Morgan fingerprint density at radius 3 is 2.38 bits per heavy atom. The molecule has 0 amide bonds. The highest BCUT2D eigenvalue weighted by molar-refractivity contribution is 6.15. The van der Waals surface area contributed by atoms with E-state index >= 15 is 0 Å². The Hall–Kier alpha value is -2.57. The first-order valence-corrected chi connectivity index (χ1v) is 10.9. The van der Waals surface area contributed by atoms with Crippen LogP contribution in [-0.2, 0) is 4.74 Å². The van der Waals surface area contributed by atoms with Crippen molar-refractivity contribution in [3.8, 4) is 11.5 Å². The van der Waals surface area contributed by atoms with Gasteiger partial charge in [0, 0.05) is 23.6 Å². The maximum atomic E-state index is 11.8. The van der Waals surface area contributed by atoms with E-state index in [9.17, 15) is 4.79 Å². The highest BCUT2D eigenvalue weighted by atomic mass is 35.5. The number of fused-ring (bicyclic) bond motifs is 3. The summed E-state index contributed by atoms with van der Waals surface area (Å²) in [5.74, 6) is 1.51.